The lowest BCUT2D eigenvalue weighted by Gasteiger charge is -2.29. The van der Waals surface area contributed by atoms with Crippen molar-refractivity contribution in [2.75, 3.05) is 4.90 Å². The molecule has 0 spiro atoms. The summed E-state index contributed by atoms with van der Waals surface area (Å²) in [5.74, 6) is -0.996. The molecule has 2 aromatic heterocycles. The molecule has 0 saturated carbocycles. The third-order valence-corrected chi connectivity index (χ3v) is 5.36. The number of fused-ring (bicyclic) bond motifs is 1. The van der Waals surface area contributed by atoms with Crippen LogP contribution in [0.1, 0.15) is 25.1 Å². The van der Waals surface area contributed by atoms with Gasteiger partial charge in [0.25, 0.3) is 0 Å². The van der Waals surface area contributed by atoms with Gasteiger partial charge in [-0.05, 0) is 40.5 Å². The summed E-state index contributed by atoms with van der Waals surface area (Å²) in [5, 5.41) is 4.19. The van der Waals surface area contributed by atoms with E-state index < -0.39 is 17.7 Å². The quantitative estimate of drug-likeness (QED) is 0.501. The van der Waals surface area contributed by atoms with Crippen LogP contribution >= 0.6 is 15.9 Å². The lowest BCUT2D eigenvalue weighted by Crippen LogP contribution is -2.42. The molecule has 0 N–H and O–H groups in total. The van der Waals surface area contributed by atoms with Crippen molar-refractivity contribution in [1.82, 2.24) is 24.3 Å². The van der Waals surface area contributed by atoms with E-state index in [-0.39, 0.29) is 36.3 Å². The van der Waals surface area contributed by atoms with Crippen LogP contribution in [-0.4, -0.2) is 30.2 Å². The van der Waals surface area contributed by atoms with Crippen LogP contribution in [0.25, 0.3) is 11.4 Å². The summed E-state index contributed by atoms with van der Waals surface area (Å²) in [7, 11) is 0. The number of hydrogen-bond donors (Lipinski definition) is 0. The van der Waals surface area contributed by atoms with Crippen LogP contribution in [-0.2, 0) is 30.6 Å². The maximum absolute atomic E-state index is 14.9. The Bertz CT molecular complexity index is 1150. The molecule has 1 unspecified atom stereocenters. The van der Waals surface area contributed by atoms with E-state index in [2.05, 4.69) is 31.0 Å². The number of halogens is 5. The second kappa shape index (κ2) is 7.74. The average Bonchev–Trinajstić information content (AvgIpc) is 3.28. The normalized spacial score (nSPS) is 16.7. The Hall–Kier alpha value is -2.76. The fraction of sp³-hybridized carbons (Fsp3) is 0.368. The van der Waals surface area contributed by atoms with E-state index in [0.717, 1.165) is 6.20 Å². The fourth-order valence-corrected chi connectivity index (χ4v) is 3.86. The van der Waals surface area contributed by atoms with E-state index in [1.807, 2.05) is 0 Å². The highest BCUT2D eigenvalue weighted by Gasteiger charge is 2.35. The highest BCUT2D eigenvalue weighted by molar-refractivity contribution is 9.10. The minimum atomic E-state index is -4.62. The van der Waals surface area contributed by atoms with E-state index in [1.54, 1.807) is 24.6 Å². The number of carbonyl (C=O) groups excluding carboxylic acids is 1. The van der Waals surface area contributed by atoms with Crippen molar-refractivity contribution in [3.63, 3.8) is 0 Å². The van der Waals surface area contributed by atoms with Gasteiger partial charge in [-0.1, -0.05) is 13.0 Å². The molecule has 164 valence electrons. The van der Waals surface area contributed by atoms with Gasteiger partial charge in [-0.2, -0.15) is 18.2 Å². The Morgan fingerprint density at radius 3 is 2.65 bits per heavy atom. The highest BCUT2D eigenvalue weighted by atomic mass is 79.9. The van der Waals surface area contributed by atoms with Gasteiger partial charge in [-0.25, -0.2) is 14.1 Å². The molecule has 0 bridgehead atoms. The smallest absolute Gasteiger partial charge is 0.331 e. The summed E-state index contributed by atoms with van der Waals surface area (Å²) >= 11 is 3.19. The highest BCUT2D eigenvalue weighted by Crippen LogP contribution is 2.32. The van der Waals surface area contributed by atoms with Crippen molar-refractivity contribution in [1.29, 1.82) is 0 Å². The first-order valence-electron chi connectivity index (χ1n) is 9.43. The summed E-state index contributed by atoms with van der Waals surface area (Å²) in [6.45, 7) is 4.04. The summed E-state index contributed by atoms with van der Waals surface area (Å²) in [4.78, 5) is 21.9. The number of alkyl halides is 3. The molecule has 12 heteroatoms. The molecule has 0 radical (unpaired) electrons. The summed E-state index contributed by atoms with van der Waals surface area (Å²) in [5.41, 5.74) is -0.670. The molecule has 0 aliphatic carbocycles. The van der Waals surface area contributed by atoms with Gasteiger partial charge in [0.15, 0.2) is 5.69 Å². The average molecular weight is 501 g/mol. The number of rotatable bonds is 4. The summed E-state index contributed by atoms with van der Waals surface area (Å²) < 4.78 is 57.2. The molecule has 1 aliphatic heterocycles. The van der Waals surface area contributed by atoms with Gasteiger partial charge in [0.1, 0.15) is 11.6 Å². The zero-order valence-electron chi connectivity index (χ0n) is 16.5. The van der Waals surface area contributed by atoms with Crippen LogP contribution in [0.5, 0.6) is 0 Å². The molecule has 1 amide bonds. The van der Waals surface area contributed by atoms with Crippen LogP contribution in [0.2, 0.25) is 0 Å². The van der Waals surface area contributed by atoms with Gasteiger partial charge in [-0.15, -0.1) is 5.10 Å². The number of aryl methyl sites for hydroxylation is 1. The summed E-state index contributed by atoms with van der Waals surface area (Å²) in [6, 6.07) is 4.13. The maximum Gasteiger partial charge on any atom is 0.434 e. The first-order chi connectivity index (χ1) is 14.6. The van der Waals surface area contributed by atoms with Crippen LogP contribution in [0.4, 0.5) is 23.5 Å². The van der Waals surface area contributed by atoms with Crippen molar-refractivity contribution < 1.29 is 22.4 Å². The lowest BCUT2D eigenvalue weighted by molar-refractivity contribution is -0.140. The van der Waals surface area contributed by atoms with Gasteiger partial charge in [0.05, 0.1) is 24.6 Å². The molecule has 4 rings (SSSR count). The zero-order valence-corrected chi connectivity index (χ0v) is 18.1. The van der Waals surface area contributed by atoms with Gasteiger partial charge >= 0.3 is 6.18 Å². The molecule has 31 heavy (non-hydrogen) atoms. The minimum Gasteiger partial charge on any atom is -0.331 e. The Labute approximate surface area is 182 Å². The third kappa shape index (κ3) is 3.95. The molecule has 1 aliphatic rings. The number of benzene rings is 1. The number of imidazole rings is 1. The number of hydrogen-bond acceptors (Lipinski definition) is 4. The predicted molar refractivity (Wildman–Crippen MR) is 106 cm³/mol. The third-order valence-electron chi connectivity index (χ3n) is 5.02. The van der Waals surface area contributed by atoms with E-state index >= 15 is 0 Å². The Morgan fingerprint density at radius 2 is 2.00 bits per heavy atom. The van der Waals surface area contributed by atoms with Crippen LogP contribution in [0.3, 0.4) is 0 Å². The minimum absolute atomic E-state index is 0.0432. The van der Waals surface area contributed by atoms with Crippen molar-refractivity contribution in [2.45, 2.75) is 39.7 Å². The second-order valence-electron chi connectivity index (χ2n) is 7.24. The van der Waals surface area contributed by atoms with E-state index in [9.17, 15) is 22.4 Å². The van der Waals surface area contributed by atoms with E-state index in [0.29, 0.717) is 22.8 Å². The number of amides is 1. The topological polar surface area (TPSA) is 68.8 Å². The molecule has 7 nitrogen and oxygen atoms in total. The van der Waals surface area contributed by atoms with Crippen molar-refractivity contribution >= 4 is 27.8 Å². The monoisotopic (exact) mass is 500 g/mol. The van der Waals surface area contributed by atoms with Crippen molar-refractivity contribution in [3.05, 3.63) is 46.2 Å². The Morgan fingerprint density at radius 1 is 1.26 bits per heavy atom. The lowest BCUT2D eigenvalue weighted by atomic mass is 10.1. The number of nitrogens with zero attached hydrogens (tertiary/aromatic N) is 6. The molecular formula is C19H17BrF4N6O. The zero-order chi connectivity index (χ0) is 22.5. The maximum atomic E-state index is 14.9. The first kappa shape index (κ1) is 21.5. The fourth-order valence-electron chi connectivity index (χ4n) is 3.51. The Balaban J connectivity index is 1.66. The standard InChI is InChI=1S/C19H17BrF4N6O/c1-3-28-9-14(19(22,23)24)25-15(28)12-5-4-11(6-13(12)21)8-29-16(31)10(2)7-30-18(29)26-17(20)27-30/h4-6,9-10H,3,7-8H2,1-2H3. The molecule has 3 heterocycles. The number of carbonyl (C=O) groups is 1. The molecule has 1 aromatic carbocycles. The van der Waals surface area contributed by atoms with Gasteiger partial charge in [-0.3, -0.25) is 9.69 Å². The second-order valence-corrected chi connectivity index (χ2v) is 7.95. The largest absolute Gasteiger partial charge is 0.434 e. The summed E-state index contributed by atoms with van der Waals surface area (Å²) in [6.07, 6.45) is -3.76. The molecular weight excluding hydrogens is 484 g/mol. The molecule has 1 atom stereocenters. The van der Waals surface area contributed by atoms with Crippen molar-refractivity contribution in [2.24, 2.45) is 5.92 Å². The van der Waals surface area contributed by atoms with Crippen molar-refractivity contribution in [3.8, 4) is 11.4 Å². The van der Waals surface area contributed by atoms with E-state index in [1.165, 1.54) is 21.6 Å². The Kier molecular flexibility index (Phi) is 5.36. The van der Waals surface area contributed by atoms with Crippen LogP contribution in [0, 0.1) is 11.7 Å². The number of aromatic nitrogens is 5. The SMILES string of the molecule is CCn1cc(C(F)(F)F)nc1-c1ccc(CN2C(=O)C(C)Cn3nc(Br)nc32)cc1F. The predicted octanol–water partition coefficient (Wildman–Crippen LogP) is 4.26. The first-order valence-corrected chi connectivity index (χ1v) is 10.2. The van der Waals surface area contributed by atoms with Gasteiger partial charge < -0.3 is 4.57 Å². The molecule has 0 saturated heterocycles. The molecule has 3 aromatic rings. The number of anilines is 1. The van der Waals surface area contributed by atoms with Gasteiger partial charge in [0.2, 0.25) is 16.6 Å². The van der Waals surface area contributed by atoms with Crippen LogP contribution < -0.4 is 4.90 Å². The van der Waals surface area contributed by atoms with Gasteiger partial charge in [0, 0.05) is 12.7 Å². The van der Waals surface area contributed by atoms with E-state index in [4.69, 9.17) is 0 Å². The molecule has 0 fully saturated rings. The van der Waals surface area contributed by atoms with Crippen LogP contribution in [0.15, 0.2) is 29.1 Å².